The van der Waals surface area contributed by atoms with E-state index in [-0.39, 0.29) is 5.91 Å². The molecule has 1 saturated heterocycles. The van der Waals surface area contributed by atoms with Crippen LogP contribution in [0.5, 0.6) is 0 Å². The Labute approximate surface area is 120 Å². The highest BCUT2D eigenvalue weighted by molar-refractivity contribution is 6.03. The van der Waals surface area contributed by atoms with Crippen LogP contribution in [0.3, 0.4) is 0 Å². The molecule has 0 aromatic heterocycles. The van der Waals surface area contributed by atoms with Gasteiger partial charge in [-0.3, -0.25) is 4.79 Å². The van der Waals surface area contributed by atoms with Gasteiger partial charge in [-0.25, -0.2) is 9.69 Å². The van der Waals surface area contributed by atoms with E-state index >= 15 is 0 Å². The Morgan fingerprint density at radius 3 is 2.65 bits per heavy atom. The molecule has 0 radical (unpaired) electrons. The summed E-state index contributed by atoms with van der Waals surface area (Å²) in [5, 5.41) is 0. The van der Waals surface area contributed by atoms with Gasteiger partial charge in [0.15, 0.2) is 0 Å². The van der Waals surface area contributed by atoms with Gasteiger partial charge in [-0.15, -0.1) is 0 Å². The second-order valence-electron chi connectivity index (χ2n) is 5.87. The smallest absolute Gasteiger partial charge is 0.417 e. The lowest BCUT2D eigenvalue weighted by Crippen LogP contribution is -2.44. The van der Waals surface area contributed by atoms with Crippen LogP contribution >= 0.6 is 0 Å². The van der Waals surface area contributed by atoms with E-state index in [1.165, 1.54) is 4.90 Å². The van der Waals surface area contributed by atoms with Gasteiger partial charge in [0.1, 0.15) is 11.9 Å². The van der Waals surface area contributed by atoms with E-state index in [1.54, 1.807) is 20.8 Å². The number of nitrogens with zero attached hydrogens (tertiary/aromatic N) is 1. The molecule has 0 saturated carbocycles. The average molecular weight is 281 g/mol. The maximum Gasteiger partial charge on any atom is 0.417 e. The Kier molecular flexibility index (Phi) is 5.92. The third-order valence-electron chi connectivity index (χ3n) is 2.88. The molecule has 1 rings (SSSR count). The van der Waals surface area contributed by atoms with Crippen LogP contribution in [0, 0.1) is 0 Å². The minimum Gasteiger partial charge on any atom is -0.443 e. The number of unbranched alkanes of at least 4 members (excludes halogenated alkanes) is 2. The van der Waals surface area contributed by atoms with E-state index in [0.29, 0.717) is 31.4 Å². The van der Waals surface area contributed by atoms with Crippen molar-refractivity contribution in [3.05, 3.63) is 11.6 Å². The number of imide groups is 1. The van der Waals surface area contributed by atoms with Gasteiger partial charge in [0.25, 0.3) is 5.91 Å². The Bertz CT molecular complexity index is 407. The van der Waals surface area contributed by atoms with Crippen LogP contribution in [-0.4, -0.2) is 35.3 Å². The van der Waals surface area contributed by atoms with Crippen LogP contribution in [-0.2, 0) is 14.3 Å². The number of piperidine rings is 1. The molecule has 112 valence electrons. The number of allylic oxidation sites excluding steroid dienone is 1. The molecule has 1 fully saturated rings. The van der Waals surface area contributed by atoms with Gasteiger partial charge < -0.3 is 9.53 Å². The number of hydrogen-bond acceptors (Lipinski definition) is 4. The summed E-state index contributed by atoms with van der Waals surface area (Å²) in [5.41, 5.74) is 0.0378. The number of aldehydes is 1. The summed E-state index contributed by atoms with van der Waals surface area (Å²) in [7, 11) is 0. The lowest BCUT2D eigenvalue weighted by Gasteiger charge is -2.29. The highest BCUT2D eigenvalue weighted by Gasteiger charge is 2.31. The monoisotopic (exact) mass is 281 g/mol. The third-order valence-corrected chi connectivity index (χ3v) is 2.88. The van der Waals surface area contributed by atoms with Crippen LogP contribution in [0.2, 0.25) is 0 Å². The SMILES string of the molecule is CC(C)(C)OC(=O)N1CCC/C(=C\CCCC=O)C1=O. The zero-order chi connectivity index (χ0) is 15.2. The number of amides is 2. The van der Waals surface area contributed by atoms with Crippen molar-refractivity contribution in [2.24, 2.45) is 0 Å². The van der Waals surface area contributed by atoms with Gasteiger partial charge in [-0.2, -0.15) is 0 Å². The van der Waals surface area contributed by atoms with Crippen molar-refractivity contribution in [1.82, 2.24) is 4.90 Å². The highest BCUT2D eigenvalue weighted by atomic mass is 16.6. The number of ether oxygens (including phenoxy) is 1. The molecule has 0 bridgehead atoms. The number of carbonyl (C=O) groups is 3. The van der Waals surface area contributed by atoms with Crippen LogP contribution in [0.15, 0.2) is 11.6 Å². The van der Waals surface area contributed by atoms with Crippen molar-refractivity contribution < 1.29 is 19.1 Å². The topological polar surface area (TPSA) is 63.7 Å². The van der Waals surface area contributed by atoms with Gasteiger partial charge in [0.05, 0.1) is 0 Å². The van der Waals surface area contributed by atoms with Gasteiger partial charge in [-0.1, -0.05) is 6.08 Å². The minimum atomic E-state index is -0.608. The molecule has 1 aliphatic heterocycles. The molecule has 0 aliphatic carbocycles. The Hall–Kier alpha value is -1.65. The fraction of sp³-hybridized carbons (Fsp3) is 0.667. The predicted octanol–water partition coefficient (Wildman–Crippen LogP) is 2.84. The van der Waals surface area contributed by atoms with Crippen LogP contribution < -0.4 is 0 Å². The summed E-state index contributed by atoms with van der Waals surface area (Å²) in [6.07, 6.45) is 5.46. The molecule has 5 nitrogen and oxygen atoms in total. The fourth-order valence-electron chi connectivity index (χ4n) is 1.97. The van der Waals surface area contributed by atoms with Gasteiger partial charge in [0, 0.05) is 18.5 Å². The summed E-state index contributed by atoms with van der Waals surface area (Å²) >= 11 is 0. The Morgan fingerprint density at radius 1 is 1.35 bits per heavy atom. The quantitative estimate of drug-likeness (QED) is 0.451. The fourth-order valence-corrected chi connectivity index (χ4v) is 1.97. The summed E-state index contributed by atoms with van der Waals surface area (Å²) in [4.78, 5) is 35.6. The normalized spacial score (nSPS) is 18.2. The first-order valence-electron chi connectivity index (χ1n) is 7.02. The summed E-state index contributed by atoms with van der Waals surface area (Å²) < 4.78 is 5.23. The van der Waals surface area contributed by atoms with Gasteiger partial charge >= 0.3 is 6.09 Å². The molecule has 0 spiro atoms. The maximum absolute atomic E-state index is 12.2. The number of likely N-dealkylation sites (tertiary alicyclic amines) is 1. The maximum atomic E-state index is 12.2. The second kappa shape index (κ2) is 7.22. The van der Waals surface area contributed by atoms with E-state index in [2.05, 4.69) is 0 Å². The average Bonchev–Trinajstić information content (AvgIpc) is 2.34. The van der Waals surface area contributed by atoms with Crippen molar-refractivity contribution >= 4 is 18.3 Å². The molecule has 0 aromatic rings. The lowest BCUT2D eigenvalue weighted by atomic mass is 10.0. The van der Waals surface area contributed by atoms with Crippen molar-refractivity contribution in [3.8, 4) is 0 Å². The summed E-state index contributed by atoms with van der Waals surface area (Å²) in [6.45, 7) is 5.72. The molecule has 0 aromatic carbocycles. The molecule has 0 atom stereocenters. The van der Waals surface area contributed by atoms with Crippen LogP contribution in [0.25, 0.3) is 0 Å². The van der Waals surface area contributed by atoms with Crippen LogP contribution in [0.1, 0.15) is 52.9 Å². The molecule has 1 heterocycles. The zero-order valence-electron chi connectivity index (χ0n) is 12.5. The number of rotatable bonds is 4. The molecule has 5 heteroatoms. The Morgan fingerprint density at radius 2 is 2.05 bits per heavy atom. The van der Waals surface area contributed by atoms with Crippen LogP contribution in [0.4, 0.5) is 4.79 Å². The van der Waals surface area contributed by atoms with Gasteiger partial charge in [-0.05, 0) is 46.5 Å². The third kappa shape index (κ3) is 5.15. The zero-order valence-corrected chi connectivity index (χ0v) is 12.5. The lowest BCUT2D eigenvalue weighted by molar-refractivity contribution is -0.127. The molecular formula is C15H23NO4. The summed E-state index contributed by atoms with van der Waals surface area (Å²) in [6, 6.07) is 0. The summed E-state index contributed by atoms with van der Waals surface area (Å²) in [5.74, 6) is -0.267. The van der Waals surface area contributed by atoms with E-state index < -0.39 is 11.7 Å². The Balaban J connectivity index is 2.64. The first-order chi connectivity index (χ1) is 9.35. The van der Waals surface area contributed by atoms with E-state index in [1.807, 2.05) is 6.08 Å². The molecule has 0 N–H and O–H groups in total. The highest BCUT2D eigenvalue weighted by Crippen LogP contribution is 2.20. The molecule has 1 aliphatic rings. The second-order valence-corrected chi connectivity index (χ2v) is 5.87. The standard InChI is InChI=1S/C15H23NO4/c1-15(2,3)20-14(19)16-10-7-9-12(13(16)18)8-5-4-6-11-17/h8,11H,4-7,9-10H2,1-3H3/b12-8+. The van der Waals surface area contributed by atoms with Crippen molar-refractivity contribution in [1.29, 1.82) is 0 Å². The van der Waals surface area contributed by atoms with E-state index in [0.717, 1.165) is 19.1 Å². The van der Waals surface area contributed by atoms with Crippen molar-refractivity contribution in [2.75, 3.05) is 6.54 Å². The molecule has 20 heavy (non-hydrogen) atoms. The first kappa shape index (κ1) is 16.4. The molecular weight excluding hydrogens is 258 g/mol. The predicted molar refractivity (Wildman–Crippen MR) is 75.2 cm³/mol. The largest absolute Gasteiger partial charge is 0.443 e. The van der Waals surface area contributed by atoms with E-state index in [9.17, 15) is 14.4 Å². The van der Waals surface area contributed by atoms with Crippen molar-refractivity contribution in [3.63, 3.8) is 0 Å². The first-order valence-corrected chi connectivity index (χ1v) is 7.02. The minimum absolute atomic E-state index is 0.267. The molecule has 0 unspecified atom stereocenters. The molecule has 2 amide bonds. The van der Waals surface area contributed by atoms with Crippen molar-refractivity contribution in [2.45, 2.75) is 58.5 Å². The van der Waals surface area contributed by atoms with Gasteiger partial charge in [0.2, 0.25) is 0 Å². The number of hydrogen-bond donors (Lipinski definition) is 0. The number of carbonyl (C=O) groups excluding carboxylic acids is 3. The van der Waals surface area contributed by atoms with E-state index in [4.69, 9.17) is 4.74 Å².